The lowest BCUT2D eigenvalue weighted by atomic mass is 10.1. The molecule has 0 spiro atoms. The minimum absolute atomic E-state index is 0.193. The van der Waals surface area contributed by atoms with Gasteiger partial charge in [-0.05, 0) is 57.0 Å². The van der Waals surface area contributed by atoms with Crippen LogP contribution in [0.1, 0.15) is 38.4 Å². The molecular formula is C23H27N5O. The zero-order chi connectivity index (χ0) is 21.0. The maximum absolute atomic E-state index is 12.8. The second kappa shape index (κ2) is 8.73. The smallest absolute Gasteiger partial charge is 0.258 e. The number of carbonyl (C=O) groups is 1. The number of hydrogen-bond donors (Lipinski definition) is 2. The molecule has 0 saturated heterocycles. The molecule has 3 rings (SSSR count). The Morgan fingerprint density at radius 1 is 1.07 bits per heavy atom. The molecule has 2 N–H and O–H groups in total. The first kappa shape index (κ1) is 20.3. The first-order chi connectivity index (χ1) is 13.8. The number of hydrogen-bond acceptors (Lipinski definition) is 3. The summed E-state index contributed by atoms with van der Waals surface area (Å²) < 4.78 is 1.85. The van der Waals surface area contributed by atoms with E-state index in [1.807, 2.05) is 88.0 Å². The van der Waals surface area contributed by atoms with Gasteiger partial charge in [0.15, 0.2) is 0 Å². The van der Waals surface area contributed by atoms with Crippen molar-refractivity contribution >= 4 is 17.6 Å². The van der Waals surface area contributed by atoms with Crippen LogP contribution in [0.5, 0.6) is 0 Å². The highest BCUT2D eigenvalue weighted by Gasteiger charge is 2.13. The van der Waals surface area contributed by atoms with Crippen LogP contribution in [-0.2, 0) is 13.6 Å². The minimum Gasteiger partial charge on any atom is -0.326 e. The number of nitrogens with zero attached hydrogens (tertiary/aromatic N) is 3. The molecule has 0 aliphatic heterocycles. The summed E-state index contributed by atoms with van der Waals surface area (Å²) in [7, 11) is 1.92. The Kier molecular flexibility index (Phi) is 6.12. The summed E-state index contributed by atoms with van der Waals surface area (Å²) in [5, 5.41) is 10.6. The van der Waals surface area contributed by atoms with Crippen LogP contribution < -0.4 is 10.6 Å². The monoisotopic (exact) mass is 389 g/mol. The summed E-state index contributed by atoms with van der Waals surface area (Å²) in [5.41, 5.74) is 6.59. The Hall–Kier alpha value is -3.41. The second-order valence-corrected chi connectivity index (χ2v) is 7.20. The molecule has 1 heterocycles. The molecule has 150 valence electrons. The number of rotatable bonds is 4. The van der Waals surface area contributed by atoms with Gasteiger partial charge < -0.3 is 5.32 Å². The normalized spacial score (nSPS) is 11.4. The topological polar surface area (TPSA) is 71.3 Å². The lowest BCUT2D eigenvalue weighted by Crippen LogP contribution is -2.36. The second-order valence-electron chi connectivity index (χ2n) is 7.20. The first-order valence-corrected chi connectivity index (χ1v) is 9.59. The van der Waals surface area contributed by atoms with Crippen LogP contribution in [0.3, 0.4) is 0 Å². The fourth-order valence-corrected chi connectivity index (χ4v) is 3.18. The van der Waals surface area contributed by atoms with Crippen molar-refractivity contribution < 1.29 is 4.79 Å². The number of carbonyl (C=O) groups excluding carboxylic acids is 1. The van der Waals surface area contributed by atoms with Gasteiger partial charge in [-0.3, -0.25) is 14.8 Å². The van der Waals surface area contributed by atoms with Gasteiger partial charge in [-0.1, -0.05) is 30.3 Å². The van der Waals surface area contributed by atoms with Crippen LogP contribution in [0, 0.1) is 27.7 Å². The third-order valence-corrected chi connectivity index (χ3v) is 4.96. The highest BCUT2D eigenvalue weighted by molar-refractivity contribution is 6.10. The minimum atomic E-state index is -0.193. The quantitative estimate of drug-likeness (QED) is 0.522. The maximum Gasteiger partial charge on any atom is 0.258 e. The van der Waals surface area contributed by atoms with Gasteiger partial charge >= 0.3 is 0 Å². The standard InChI is InChI=1S/C23H27N5O/c1-15-9-8-11-19(13-15)25-23(24-14-21-17(3)27-28(5)18(21)4)26-22(29)20-12-7-6-10-16(20)2/h6-13H,14H2,1-5H3,(H2,24,25,26,29). The molecule has 0 saturated carbocycles. The molecular weight excluding hydrogens is 362 g/mol. The van der Waals surface area contributed by atoms with Crippen molar-refractivity contribution in [2.45, 2.75) is 34.2 Å². The van der Waals surface area contributed by atoms with Gasteiger partial charge in [0.1, 0.15) is 0 Å². The van der Waals surface area contributed by atoms with Gasteiger partial charge in [0.2, 0.25) is 5.96 Å². The van der Waals surface area contributed by atoms with E-state index in [-0.39, 0.29) is 5.91 Å². The van der Waals surface area contributed by atoms with Gasteiger partial charge in [-0.2, -0.15) is 5.10 Å². The van der Waals surface area contributed by atoms with Crippen molar-refractivity contribution in [2.24, 2.45) is 12.0 Å². The number of anilines is 1. The summed E-state index contributed by atoms with van der Waals surface area (Å²) in [6.45, 7) is 8.36. The van der Waals surface area contributed by atoms with E-state index >= 15 is 0 Å². The Balaban J connectivity index is 1.88. The summed E-state index contributed by atoms with van der Waals surface area (Å²) >= 11 is 0. The number of amides is 1. The van der Waals surface area contributed by atoms with Gasteiger partial charge in [-0.15, -0.1) is 0 Å². The Bertz CT molecular complexity index is 1060. The predicted molar refractivity (Wildman–Crippen MR) is 117 cm³/mol. The van der Waals surface area contributed by atoms with Gasteiger partial charge in [0.25, 0.3) is 5.91 Å². The van der Waals surface area contributed by atoms with Gasteiger partial charge in [0.05, 0.1) is 12.2 Å². The molecule has 2 aromatic carbocycles. The number of benzene rings is 2. The fraction of sp³-hybridized carbons (Fsp3) is 0.261. The van der Waals surface area contributed by atoms with Crippen molar-refractivity contribution in [1.82, 2.24) is 15.1 Å². The lowest BCUT2D eigenvalue weighted by molar-refractivity contribution is 0.0976. The summed E-state index contributed by atoms with van der Waals surface area (Å²) in [4.78, 5) is 17.5. The lowest BCUT2D eigenvalue weighted by Gasteiger charge is -2.13. The number of aryl methyl sites for hydroxylation is 4. The van der Waals surface area contributed by atoms with Crippen molar-refractivity contribution in [3.05, 3.63) is 82.2 Å². The third-order valence-electron chi connectivity index (χ3n) is 4.96. The highest BCUT2D eigenvalue weighted by atomic mass is 16.1. The van der Waals surface area contributed by atoms with E-state index < -0.39 is 0 Å². The maximum atomic E-state index is 12.8. The van der Waals surface area contributed by atoms with Crippen LogP contribution in [-0.4, -0.2) is 21.6 Å². The number of guanidine groups is 1. The summed E-state index contributed by atoms with van der Waals surface area (Å²) in [6.07, 6.45) is 0. The third kappa shape index (κ3) is 4.90. The average molecular weight is 390 g/mol. The molecule has 29 heavy (non-hydrogen) atoms. The van der Waals surface area contributed by atoms with Gasteiger partial charge in [-0.25, -0.2) is 4.99 Å². The zero-order valence-corrected chi connectivity index (χ0v) is 17.6. The molecule has 0 aliphatic carbocycles. The van der Waals surface area contributed by atoms with E-state index in [0.717, 1.165) is 33.8 Å². The summed E-state index contributed by atoms with van der Waals surface area (Å²) in [6, 6.07) is 15.4. The van der Waals surface area contributed by atoms with Crippen LogP contribution in [0.15, 0.2) is 53.5 Å². The first-order valence-electron chi connectivity index (χ1n) is 9.59. The Morgan fingerprint density at radius 2 is 1.83 bits per heavy atom. The van der Waals surface area contributed by atoms with Crippen LogP contribution in [0.25, 0.3) is 0 Å². The Labute approximate surface area is 171 Å². The molecule has 1 amide bonds. The van der Waals surface area contributed by atoms with Crippen LogP contribution >= 0.6 is 0 Å². The van der Waals surface area contributed by atoms with Gasteiger partial charge in [0, 0.05) is 29.6 Å². The van der Waals surface area contributed by atoms with Crippen LogP contribution in [0.4, 0.5) is 5.69 Å². The average Bonchev–Trinajstić information content (AvgIpc) is 2.91. The molecule has 0 atom stereocenters. The number of nitrogens with one attached hydrogen (secondary N) is 2. The van der Waals surface area contributed by atoms with Crippen molar-refractivity contribution in [1.29, 1.82) is 0 Å². The van der Waals surface area contributed by atoms with Crippen molar-refractivity contribution in [2.75, 3.05) is 5.32 Å². The van der Waals surface area contributed by atoms with Crippen molar-refractivity contribution in [3.63, 3.8) is 0 Å². The van der Waals surface area contributed by atoms with E-state index in [4.69, 9.17) is 0 Å². The summed E-state index contributed by atoms with van der Waals surface area (Å²) in [5.74, 6) is 0.216. The predicted octanol–water partition coefficient (Wildman–Crippen LogP) is 4.05. The fourth-order valence-electron chi connectivity index (χ4n) is 3.18. The van der Waals surface area contributed by atoms with E-state index in [1.165, 1.54) is 0 Å². The largest absolute Gasteiger partial charge is 0.326 e. The SMILES string of the molecule is Cc1cccc(NC(=NCc2c(C)nn(C)c2C)NC(=O)c2ccccc2C)c1. The molecule has 1 aromatic heterocycles. The molecule has 0 bridgehead atoms. The molecule has 0 radical (unpaired) electrons. The molecule has 0 fully saturated rings. The van der Waals surface area contributed by atoms with E-state index in [9.17, 15) is 4.79 Å². The van der Waals surface area contributed by atoms with Crippen LogP contribution in [0.2, 0.25) is 0 Å². The molecule has 0 unspecified atom stereocenters. The number of aromatic nitrogens is 2. The molecule has 0 aliphatic rings. The van der Waals surface area contributed by atoms with E-state index in [1.54, 1.807) is 0 Å². The highest BCUT2D eigenvalue weighted by Crippen LogP contribution is 2.14. The molecule has 6 nitrogen and oxygen atoms in total. The molecule has 3 aromatic rings. The van der Waals surface area contributed by atoms with E-state index in [2.05, 4.69) is 20.7 Å². The van der Waals surface area contributed by atoms with Crippen molar-refractivity contribution in [3.8, 4) is 0 Å². The number of aliphatic imine (C=N–C) groups is 1. The molecule has 6 heteroatoms. The van der Waals surface area contributed by atoms with E-state index in [0.29, 0.717) is 18.1 Å². The zero-order valence-electron chi connectivity index (χ0n) is 17.6. The Morgan fingerprint density at radius 3 is 2.48 bits per heavy atom.